The number of rotatable bonds is 3. The van der Waals surface area contributed by atoms with Crippen molar-refractivity contribution in [3.63, 3.8) is 0 Å². The van der Waals surface area contributed by atoms with E-state index in [4.69, 9.17) is 0 Å². The average molecular weight is 255 g/mol. The first-order valence-corrected chi connectivity index (χ1v) is 6.54. The zero-order valence-corrected chi connectivity index (χ0v) is 11.0. The van der Waals surface area contributed by atoms with E-state index in [-0.39, 0.29) is 0 Å². The van der Waals surface area contributed by atoms with E-state index >= 15 is 0 Å². The fourth-order valence-electron chi connectivity index (χ4n) is 2.60. The molecule has 1 aromatic heterocycles. The van der Waals surface area contributed by atoms with Crippen molar-refractivity contribution in [1.29, 1.82) is 0 Å². The molecule has 1 aromatic carbocycles. The van der Waals surface area contributed by atoms with Gasteiger partial charge in [0.2, 0.25) is 0 Å². The van der Waals surface area contributed by atoms with Crippen molar-refractivity contribution >= 4 is 6.29 Å². The Morgan fingerprint density at radius 1 is 1.26 bits per heavy atom. The van der Waals surface area contributed by atoms with Crippen molar-refractivity contribution in [2.24, 2.45) is 0 Å². The summed E-state index contributed by atoms with van der Waals surface area (Å²) < 4.78 is 2.21. The lowest BCUT2D eigenvalue weighted by molar-refractivity contribution is 0.111. The number of benzene rings is 1. The molecule has 19 heavy (non-hydrogen) atoms. The summed E-state index contributed by atoms with van der Waals surface area (Å²) in [6.07, 6.45) is 1.66. The van der Waals surface area contributed by atoms with Crippen molar-refractivity contribution in [3.05, 3.63) is 53.1 Å². The molecule has 0 N–H and O–H groups in total. The van der Waals surface area contributed by atoms with E-state index < -0.39 is 0 Å². The van der Waals surface area contributed by atoms with Crippen molar-refractivity contribution < 1.29 is 4.79 Å². The zero-order valence-electron chi connectivity index (χ0n) is 11.0. The molecule has 0 fully saturated rings. The Morgan fingerprint density at radius 2 is 2.05 bits per heavy atom. The lowest BCUT2D eigenvalue weighted by atomic mass is 10.1. The van der Waals surface area contributed by atoms with Crippen molar-refractivity contribution in [2.45, 2.75) is 19.5 Å². The van der Waals surface area contributed by atoms with Crippen LogP contribution in [0.5, 0.6) is 0 Å². The lowest BCUT2D eigenvalue weighted by Gasteiger charge is -2.25. The Balaban J connectivity index is 1.96. The summed E-state index contributed by atoms with van der Waals surface area (Å²) in [5.41, 5.74) is 2.87. The Hall–Kier alpha value is -1.94. The van der Waals surface area contributed by atoms with Crippen LogP contribution in [-0.2, 0) is 19.5 Å². The minimum Gasteiger partial charge on any atom is -0.329 e. The highest BCUT2D eigenvalue weighted by Crippen LogP contribution is 2.19. The summed E-state index contributed by atoms with van der Waals surface area (Å²) in [6.45, 7) is 2.72. The summed E-state index contributed by atoms with van der Waals surface area (Å²) >= 11 is 0. The van der Waals surface area contributed by atoms with Gasteiger partial charge in [0.05, 0.1) is 5.69 Å². The van der Waals surface area contributed by atoms with Crippen LogP contribution in [0.3, 0.4) is 0 Å². The highest BCUT2D eigenvalue weighted by Gasteiger charge is 2.21. The number of hydrogen-bond donors (Lipinski definition) is 0. The van der Waals surface area contributed by atoms with E-state index in [2.05, 4.69) is 33.6 Å². The number of aromatic nitrogens is 2. The highest BCUT2D eigenvalue weighted by atomic mass is 16.1. The molecule has 0 bridgehead atoms. The van der Waals surface area contributed by atoms with Gasteiger partial charge in [-0.25, -0.2) is 4.98 Å². The number of carbonyl (C=O) groups is 1. The molecular weight excluding hydrogens is 238 g/mol. The Morgan fingerprint density at radius 3 is 2.79 bits per heavy atom. The van der Waals surface area contributed by atoms with Crippen molar-refractivity contribution in [3.8, 4) is 0 Å². The predicted molar refractivity (Wildman–Crippen MR) is 73.2 cm³/mol. The van der Waals surface area contributed by atoms with Crippen LogP contribution in [0.25, 0.3) is 0 Å². The second-order valence-corrected chi connectivity index (χ2v) is 5.03. The molecule has 4 heteroatoms. The van der Waals surface area contributed by atoms with Crippen LogP contribution in [0.1, 0.15) is 27.6 Å². The summed E-state index contributed by atoms with van der Waals surface area (Å²) in [7, 11) is 2.07. The molecule has 0 unspecified atom stereocenters. The first-order valence-electron chi connectivity index (χ1n) is 6.54. The molecule has 3 rings (SSSR count). The average Bonchev–Trinajstić information content (AvgIpc) is 2.77. The highest BCUT2D eigenvalue weighted by molar-refractivity contribution is 5.74. The second-order valence-electron chi connectivity index (χ2n) is 5.03. The smallest absolute Gasteiger partial charge is 0.170 e. The van der Waals surface area contributed by atoms with Gasteiger partial charge >= 0.3 is 0 Å². The van der Waals surface area contributed by atoms with E-state index in [1.165, 1.54) is 5.56 Å². The zero-order chi connectivity index (χ0) is 13.2. The first kappa shape index (κ1) is 12.1. The van der Waals surface area contributed by atoms with Gasteiger partial charge in [0, 0.05) is 26.1 Å². The van der Waals surface area contributed by atoms with E-state index in [0.717, 1.165) is 43.9 Å². The van der Waals surface area contributed by atoms with Gasteiger partial charge in [-0.1, -0.05) is 30.3 Å². The van der Waals surface area contributed by atoms with Crippen LogP contribution in [-0.4, -0.2) is 34.3 Å². The fourth-order valence-corrected chi connectivity index (χ4v) is 2.60. The third-order valence-electron chi connectivity index (χ3n) is 3.62. The summed E-state index contributed by atoms with van der Waals surface area (Å²) in [6, 6.07) is 10.3. The van der Waals surface area contributed by atoms with E-state index in [1.54, 1.807) is 0 Å². The Bertz CT molecular complexity index is 589. The molecule has 0 atom stereocenters. The number of imidazole rings is 1. The maximum absolute atomic E-state index is 11.2. The van der Waals surface area contributed by atoms with Crippen LogP contribution in [0, 0.1) is 0 Å². The summed E-state index contributed by atoms with van der Waals surface area (Å²) in [5, 5.41) is 0. The van der Waals surface area contributed by atoms with Crippen LogP contribution < -0.4 is 0 Å². The van der Waals surface area contributed by atoms with Gasteiger partial charge in [-0.3, -0.25) is 9.69 Å². The minimum atomic E-state index is 0.595. The van der Waals surface area contributed by atoms with E-state index in [9.17, 15) is 4.79 Å². The molecule has 0 aliphatic carbocycles. The second kappa shape index (κ2) is 4.97. The standard InChI is InChI=1S/C15H17N3O/c1-17-7-8-18-14(10-17)13(11-19)16-15(18)9-12-5-3-2-4-6-12/h2-6,11H,7-10H2,1H3. The number of likely N-dealkylation sites (N-methyl/N-ethyl adjacent to an activating group) is 1. The summed E-state index contributed by atoms with van der Waals surface area (Å²) in [5.74, 6) is 0.997. The molecule has 1 aliphatic rings. The molecule has 0 amide bonds. The molecule has 98 valence electrons. The maximum atomic E-state index is 11.2. The fraction of sp³-hybridized carbons (Fsp3) is 0.333. The third-order valence-corrected chi connectivity index (χ3v) is 3.62. The number of fused-ring (bicyclic) bond motifs is 1. The van der Waals surface area contributed by atoms with Gasteiger partial charge in [0.15, 0.2) is 6.29 Å². The maximum Gasteiger partial charge on any atom is 0.170 e. The van der Waals surface area contributed by atoms with Gasteiger partial charge in [-0.2, -0.15) is 0 Å². The van der Waals surface area contributed by atoms with Crippen molar-refractivity contribution in [1.82, 2.24) is 14.5 Å². The largest absolute Gasteiger partial charge is 0.329 e. The van der Waals surface area contributed by atoms with E-state index in [1.807, 2.05) is 18.2 Å². The van der Waals surface area contributed by atoms with E-state index in [0.29, 0.717) is 5.69 Å². The number of aldehydes is 1. The quantitative estimate of drug-likeness (QED) is 0.784. The minimum absolute atomic E-state index is 0.595. The number of carbonyl (C=O) groups excluding carboxylic acids is 1. The van der Waals surface area contributed by atoms with Crippen LogP contribution in [0.4, 0.5) is 0 Å². The van der Waals surface area contributed by atoms with Gasteiger partial charge < -0.3 is 4.57 Å². The van der Waals surface area contributed by atoms with Gasteiger partial charge in [-0.15, -0.1) is 0 Å². The van der Waals surface area contributed by atoms with Gasteiger partial charge in [0.25, 0.3) is 0 Å². The molecule has 0 spiro atoms. The predicted octanol–water partition coefficient (Wildman–Crippen LogP) is 1.73. The Labute approximate surface area is 112 Å². The summed E-state index contributed by atoms with van der Waals surface area (Å²) in [4.78, 5) is 17.9. The third kappa shape index (κ3) is 2.31. The molecule has 1 aliphatic heterocycles. The molecule has 4 nitrogen and oxygen atoms in total. The lowest BCUT2D eigenvalue weighted by Crippen LogP contribution is -2.31. The normalized spacial score (nSPS) is 15.2. The molecule has 0 saturated heterocycles. The van der Waals surface area contributed by atoms with Crippen molar-refractivity contribution in [2.75, 3.05) is 13.6 Å². The number of hydrogen-bond acceptors (Lipinski definition) is 3. The Kier molecular flexibility index (Phi) is 3.17. The molecule has 2 heterocycles. The monoisotopic (exact) mass is 255 g/mol. The first-order chi connectivity index (χ1) is 9.28. The van der Waals surface area contributed by atoms with Crippen LogP contribution >= 0.6 is 0 Å². The molecule has 0 saturated carbocycles. The molecular formula is C15H17N3O. The van der Waals surface area contributed by atoms with Crippen LogP contribution in [0.2, 0.25) is 0 Å². The topological polar surface area (TPSA) is 38.1 Å². The number of nitrogens with zero attached hydrogens (tertiary/aromatic N) is 3. The molecule has 2 aromatic rings. The van der Waals surface area contributed by atoms with Crippen LogP contribution in [0.15, 0.2) is 30.3 Å². The van der Waals surface area contributed by atoms with Gasteiger partial charge in [-0.05, 0) is 12.6 Å². The van der Waals surface area contributed by atoms with Gasteiger partial charge in [0.1, 0.15) is 11.5 Å². The SMILES string of the molecule is CN1CCn2c(Cc3ccccc3)nc(C=O)c2C1. The molecule has 0 radical (unpaired) electrons.